The van der Waals surface area contributed by atoms with Gasteiger partial charge in [0.05, 0.1) is 23.5 Å². The second kappa shape index (κ2) is 11.3. The molecule has 0 bridgehead atoms. The highest BCUT2D eigenvalue weighted by atomic mass is 16.4. The number of likely N-dealkylation sites (tertiary alicyclic amines) is 2. The number of carboxylic acid groups (broad SMARTS) is 1. The maximum Gasteiger partial charge on any atom is 0.309 e. The Labute approximate surface area is 212 Å². The third kappa shape index (κ3) is 5.38. The minimum absolute atomic E-state index is 0.102. The van der Waals surface area contributed by atoms with Gasteiger partial charge in [-0.05, 0) is 56.4 Å². The van der Waals surface area contributed by atoms with E-state index in [0.717, 1.165) is 43.6 Å². The fraction of sp³-hybridized carbons (Fsp3) is 0.577. The van der Waals surface area contributed by atoms with Crippen molar-refractivity contribution in [3.05, 3.63) is 29.3 Å². The van der Waals surface area contributed by atoms with E-state index in [0.29, 0.717) is 50.7 Å². The number of benzene rings is 1. The van der Waals surface area contributed by atoms with Crippen molar-refractivity contribution in [3.8, 4) is 12.3 Å². The van der Waals surface area contributed by atoms with E-state index in [-0.39, 0.29) is 12.5 Å². The highest BCUT2D eigenvalue weighted by Crippen LogP contribution is 2.29. The molecule has 0 aromatic heterocycles. The predicted molar refractivity (Wildman–Crippen MR) is 134 cm³/mol. The molecule has 3 aliphatic rings. The number of amides is 1. The largest absolute Gasteiger partial charge is 0.481 e. The van der Waals surface area contributed by atoms with Gasteiger partial charge in [0.1, 0.15) is 0 Å². The topological polar surface area (TPSA) is 127 Å². The Morgan fingerprint density at radius 1 is 0.944 bits per heavy atom. The number of nitriles is 2. The minimum atomic E-state index is -0.986. The molecule has 10 heteroatoms. The van der Waals surface area contributed by atoms with Crippen LogP contribution < -0.4 is 4.90 Å². The number of piperidine rings is 2. The summed E-state index contributed by atoms with van der Waals surface area (Å²) in [5.74, 6) is -1.99. The first-order valence-electron chi connectivity index (χ1n) is 12.7. The Bertz CT molecular complexity index is 1090. The molecule has 1 amide bonds. The molecule has 4 rings (SSSR count). The number of nitrogens with zero attached hydrogens (tertiary/aromatic N) is 7. The summed E-state index contributed by atoms with van der Waals surface area (Å²) in [6, 6.07) is 7.78. The van der Waals surface area contributed by atoms with Gasteiger partial charge in [-0.3, -0.25) is 9.59 Å². The van der Waals surface area contributed by atoms with Gasteiger partial charge in [0, 0.05) is 58.0 Å². The van der Waals surface area contributed by atoms with E-state index in [4.69, 9.17) is 5.26 Å². The highest BCUT2D eigenvalue weighted by molar-refractivity contribution is 5.87. The molecule has 10 nitrogen and oxygen atoms in total. The normalized spacial score (nSPS) is 23.1. The number of carboxylic acids is 1. The Balaban J connectivity index is 1.40. The van der Waals surface area contributed by atoms with E-state index in [9.17, 15) is 20.0 Å². The number of anilines is 1. The zero-order valence-corrected chi connectivity index (χ0v) is 20.8. The first kappa shape index (κ1) is 25.3. The molecule has 190 valence electrons. The number of hydrogen-bond acceptors (Lipinski definition) is 6. The maximum atomic E-state index is 13.5. The lowest BCUT2D eigenvalue weighted by Crippen LogP contribution is -2.57. The fourth-order valence-corrected chi connectivity index (χ4v) is 5.64. The summed E-state index contributed by atoms with van der Waals surface area (Å²) in [6.07, 6.45) is 5.49. The minimum Gasteiger partial charge on any atom is -0.481 e. The fourth-order valence-electron chi connectivity index (χ4n) is 5.64. The van der Waals surface area contributed by atoms with Gasteiger partial charge in [0.25, 0.3) is 0 Å². The summed E-state index contributed by atoms with van der Waals surface area (Å²) >= 11 is 0. The molecule has 3 heterocycles. The number of rotatable bonds is 3. The number of hydrogen-bond donors (Lipinski definition) is 1. The van der Waals surface area contributed by atoms with Crippen LogP contribution >= 0.6 is 0 Å². The molecule has 0 unspecified atom stereocenters. The number of aryl methyl sites for hydroxylation is 1. The van der Waals surface area contributed by atoms with Crippen LogP contribution in [0.2, 0.25) is 0 Å². The SMILES string of the molecule is Cc1cc(C#N)ccc1N1CCN(C(=O)[C@H]2CCN(/C(=N/C#N)N3CCCCC3)C[C@@H]2C(=O)O)CC1. The van der Waals surface area contributed by atoms with Crippen LogP contribution in [0, 0.1) is 41.5 Å². The third-order valence-corrected chi connectivity index (χ3v) is 7.58. The third-order valence-electron chi connectivity index (χ3n) is 7.58. The standard InChI is InChI=1S/C26H33N7O3/c1-19-15-20(16-27)5-6-23(19)30-11-13-31(14-12-30)24(34)21-7-10-33(17-22(21)25(35)36)26(29-18-28)32-8-3-2-4-9-32/h5-6,15,21-22H,2-4,7-14,17H2,1H3,(H,35,36)/b29-26+/t21-,22-/m0/s1. The van der Waals surface area contributed by atoms with Crippen LogP contribution in [0.25, 0.3) is 0 Å². The number of piperazine rings is 1. The average Bonchev–Trinajstić information content (AvgIpc) is 2.91. The van der Waals surface area contributed by atoms with Gasteiger partial charge in [-0.15, -0.1) is 4.99 Å². The number of aliphatic imine (C=N–C) groups is 1. The predicted octanol–water partition coefficient (Wildman–Crippen LogP) is 1.86. The number of aliphatic carboxylic acids is 1. The quantitative estimate of drug-likeness (QED) is 0.386. The number of carbonyl (C=O) groups excluding carboxylic acids is 1. The van der Waals surface area contributed by atoms with E-state index in [2.05, 4.69) is 20.9 Å². The van der Waals surface area contributed by atoms with Crippen LogP contribution in [0.5, 0.6) is 0 Å². The van der Waals surface area contributed by atoms with Crippen molar-refractivity contribution in [1.82, 2.24) is 14.7 Å². The van der Waals surface area contributed by atoms with Crippen molar-refractivity contribution in [2.24, 2.45) is 16.8 Å². The summed E-state index contributed by atoms with van der Waals surface area (Å²) in [5.41, 5.74) is 2.70. The van der Waals surface area contributed by atoms with E-state index in [1.165, 1.54) is 0 Å². The van der Waals surface area contributed by atoms with E-state index in [1.54, 1.807) is 11.0 Å². The monoisotopic (exact) mass is 491 g/mol. The van der Waals surface area contributed by atoms with Gasteiger partial charge in [-0.25, -0.2) is 0 Å². The molecular formula is C26H33N7O3. The lowest BCUT2D eigenvalue weighted by Gasteiger charge is -2.43. The average molecular weight is 492 g/mol. The zero-order valence-electron chi connectivity index (χ0n) is 20.8. The molecule has 3 fully saturated rings. The highest BCUT2D eigenvalue weighted by Gasteiger charge is 2.42. The lowest BCUT2D eigenvalue weighted by atomic mass is 9.84. The first-order valence-corrected chi connectivity index (χ1v) is 12.7. The van der Waals surface area contributed by atoms with Crippen molar-refractivity contribution >= 4 is 23.5 Å². The van der Waals surface area contributed by atoms with Gasteiger partial charge >= 0.3 is 5.97 Å². The van der Waals surface area contributed by atoms with Crippen molar-refractivity contribution in [2.75, 3.05) is 57.3 Å². The number of guanidine groups is 1. The molecular weight excluding hydrogens is 458 g/mol. The second-order valence-corrected chi connectivity index (χ2v) is 9.77. The zero-order chi connectivity index (χ0) is 25.7. The van der Waals surface area contributed by atoms with Gasteiger partial charge < -0.3 is 24.7 Å². The molecule has 36 heavy (non-hydrogen) atoms. The lowest BCUT2D eigenvalue weighted by molar-refractivity contribution is -0.153. The van der Waals surface area contributed by atoms with Crippen LogP contribution in [0.3, 0.4) is 0 Å². The van der Waals surface area contributed by atoms with Crippen molar-refractivity contribution in [2.45, 2.75) is 32.6 Å². The van der Waals surface area contributed by atoms with Crippen LogP contribution in [0.1, 0.15) is 36.8 Å². The molecule has 0 aliphatic carbocycles. The van der Waals surface area contributed by atoms with E-state index < -0.39 is 17.8 Å². The van der Waals surface area contributed by atoms with Crippen LogP contribution in [-0.4, -0.2) is 90.0 Å². The Hall–Kier alpha value is -3.79. The van der Waals surface area contributed by atoms with Crippen LogP contribution in [0.15, 0.2) is 23.2 Å². The number of carbonyl (C=O) groups is 2. The smallest absolute Gasteiger partial charge is 0.309 e. The van der Waals surface area contributed by atoms with E-state index >= 15 is 0 Å². The summed E-state index contributed by atoms with van der Waals surface area (Å²) < 4.78 is 0. The van der Waals surface area contributed by atoms with Crippen molar-refractivity contribution in [3.63, 3.8) is 0 Å². The molecule has 0 saturated carbocycles. The van der Waals surface area contributed by atoms with Crippen molar-refractivity contribution in [1.29, 1.82) is 10.5 Å². The summed E-state index contributed by atoms with van der Waals surface area (Å²) in [4.78, 5) is 37.7. The van der Waals surface area contributed by atoms with Crippen LogP contribution in [-0.2, 0) is 9.59 Å². The first-order chi connectivity index (χ1) is 17.4. The van der Waals surface area contributed by atoms with Gasteiger partial charge in [0.15, 0.2) is 0 Å². The molecule has 1 N–H and O–H groups in total. The molecule has 1 aromatic rings. The molecule has 2 atom stereocenters. The summed E-state index contributed by atoms with van der Waals surface area (Å²) in [5, 5.41) is 28.4. The maximum absolute atomic E-state index is 13.5. The van der Waals surface area contributed by atoms with Crippen LogP contribution in [0.4, 0.5) is 5.69 Å². The van der Waals surface area contributed by atoms with Gasteiger partial charge in [-0.1, -0.05) is 0 Å². The Morgan fingerprint density at radius 3 is 2.28 bits per heavy atom. The molecule has 3 saturated heterocycles. The molecule has 1 aromatic carbocycles. The van der Waals surface area contributed by atoms with Gasteiger partial charge in [0.2, 0.25) is 18.1 Å². The molecule has 0 spiro atoms. The summed E-state index contributed by atoms with van der Waals surface area (Å²) in [7, 11) is 0. The van der Waals surface area contributed by atoms with Crippen molar-refractivity contribution < 1.29 is 14.7 Å². The van der Waals surface area contributed by atoms with Gasteiger partial charge in [-0.2, -0.15) is 10.5 Å². The molecule has 3 aliphatic heterocycles. The van der Waals surface area contributed by atoms with E-state index in [1.807, 2.05) is 30.1 Å². The molecule has 0 radical (unpaired) electrons. The second-order valence-electron chi connectivity index (χ2n) is 9.77. The Kier molecular flexibility index (Phi) is 7.94. The Morgan fingerprint density at radius 2 is 1.67 bits per heavy atom. The summed E-state index contributed by atoms with van der Waals surface area (Å²) in [6.45, 7) is 6.63.